The van der Waals surface area contributed by atoms with Crippen molar-refractivity contribution in [3.63, 3.8) is 0 Å². The van der Waals surface area contributed by atoms with E-state index in [4.69, 9.17) is 32.5 Å². The Hall–Kier alpha value is -3.38. The lowest BCUT2D eigenvalue weighted by molar-refractivity contribution is 0.271. The topological polar surface area (TPSA) is 130 Å². The van der Waals surface area contributed by atoms with Crippen molar-refractivity contribution < 1.29 is 9.47 Å². The Balaban J connectivity index is 1.47. The number of hydrogen-bond acceptors (Lipinski definition) is 11. The van der Waals surface area contributed by atoms with Gasteiger partial charge in [-0.1, -0.05) is 24.6 Å². The summed E-state index contributed by atoms with van der Waals surface area (Å²) in [5.74, 6) is 0.440. The molecule has 11 nitrogen and oxygen atoms in total. The molecule has 2 aliphatic heterocycles. The van der Waals surface area contributed by atoms with Crippen molar-refractivity contribution in [1.29, 1.82) is 0 Å². The molecular formula is C24H30ClN9O2. The van der Waals surface area contributed by atoms with Crippen LogP contribution < -0.4 is 36.3 Å². The standard InChI is InChI=1S/C24H30ClN9O2/c1-4-32-7-9-33(10-8-32)19-11-15(5-6-17(19)25)24(27)30-23(26)34(31-24)22-16-12-20(35-2)21(36-3)13-18(16)28-14-29-22/h5-6,11-14,31H,4,7-10,27H2,1-3H3,(H2,26,30). The SMILES string of the molecule is CCN1CCN(c2cc(C3(N)N=C(N)N(c4ncnc5cc(OC)c(OC)cc45)N3)ccc2Cl)CC1. The Kier molecular flexibility index (Phi) is 6.47. The predicted octanol–water partition coefficient (Wildman–Crippen LogP) is 1.85. The summed E-state index contributed by atoms with van der Waals surface area (Å²) in [4.78, 5) is 18.1. The first-order valence-electron chi connectivity index (χ1n) is 11.7. The second-order valence-corrected chi connectivity index (χ2v) is 9.10. The number of aliphatic imine (C=N–C) groups is 1. The van der Waals surface area contributed by atoms with Gasteiger partial charge in [-0.2, -0.15) is 5.43 Å². The Bertz CT molecular complexity index is 1310. The van der Waals surface area contributed by atoms with Crippen molar-refractivity contribution in [1.82, 2.24) is 20.3 Å². The number of aromatic nitrogens is 2. The van der Waals surface area contributed by atoms with Crippen molar-refractivity contribution >= 4 is 40.0 Å². The van der Waals surface area contributed by atoms with Gasteiger partial charge < -0.3 is 25.0 Å². The summed E-state index contributed by atoms with van der Waals surface area (Å²) in [5, 5.41) is 2.92. The third kappa shape index (κ3) is 4.24. The van der Waals surface area contributed by atoms with Crippen LogP contribution in [0.4, 0.5) is 11.5 Å². The van der Waals surface area contributed by atoms with Crippen LogP contribution in [0.15, 0.2) is 41.7 Å². The maximum absolute atomic E-state index is 6.76. The molecule has 2 aliphatic rings. The summed E-state index contributed by atoms with van der Waals surface area (Å²) < 4.78 is 10.9. The smallest absolute Gasteiger partial charge is 0.215 e. The lowest BCUT2D eigenvalue weighted by Gasteiger charge is -2.36. The molecule has 3 aromatic rings. The monoisotopic (exact) mass is 511 g/mol. The molecule has 1 unspecified atom stereocenters. The van der Waals surface area contributed by atoms with Crippen molar-refractivity contribution in [3.05, 3.63) is 47.2 Å². The van der Waals surface area contributed by atoms with E-state index < -0.39 is 5.79 Å². The molecule has 3 heterocycles. The van der Waals surface area contributed by atoms with E-state index in [-0.39, 0.29) is 5.96 Å². The first-order chi connectivity index (χ1) is 17.4. The quantitative estimate of drug-likeness (QED) is 0.450. The number of ether oxygens (including phenoxy) is 2. The van der Waals surface area contributed by atoms with Crippen molar-refractivity contribution in [3.8, 4) is 11.5 Å². The first-order valence-corrected chi connectivity index (χ1v) is 12.1. The van der Waals surface area contributed by atoms with Gasteiger partial charge in [0.2, 0.25) is 11.7 Å². The molecule has 1 saturated heterocycles. The van der Waals surface area contributed by atoms with Crippen LogP contribution in [0.1, 0.15) is 12.5 Å². The van der Waals surface area contributed by atoms with Crippen LogP contribution in [-0.2, 0) is 5.79 Å². The Morgan fingerprint density at radius 1 is 1.06 bits per heavy atom. The van der Waals surface area contributed by atoms with Gasteiger partial charge in [0.1, 0.15) is 6.33 Å². The second kappa shape index (κ2) is 9.58. The highest BCUT2D eigenvalue weighted by molar-refractivity contribution is 6.33. The van der Waals surface area contributed by atoms with Crippen LogP contribution in [0.25, 0.3) is 10.9 Å². The number of nitrogens with one attached hydrogen (secondary N) is 1. The Morgan fingerprint density at radius 3 is 2.47 bits per heavy atom. The lowest BCUT2D eigenvalue weighted by Crippen LogP contribution is -2.53. The fraction of sp³-hybridized carbons (Fsp3) is 0.375. The first kappa shape index (κ1) is 24.3. The number of nitrogens with two attached hydrogens (primary N) is 2. The van der Waals surface area contributed by atoms with Crippen LogP contribution in [0.3, 0.4) is 0 Å². The summed E-state index contributed by atoms with van der Waals surface area (Å²) in [6.07, 6.45) is 1.45. The van der Waals surface area contributed by atoms with E-state index in [1.54, 1.807) is 31.4 Å². The zero-order valence-corrected chi connectivity index (χ0v) is 21.3. The number of fused-ring (bicyclic) bond motifs is 1. The fourth-order valence-corrected chi connectivity index (χ4v) is 4.86. The molecule has 36 heavy (non-hydrogen) atoms. The predicted molar refractivity (Wildman–Crippen MR) is 142 cm³/mol. The lowest BCUT2D eigenvalue weighted by atomic mass is 10.1. The van der Waals surface area contributed by atoms with Gasteiger partial charge in [0.25, 0.3) is 0 Å². The zero-order chi connectivity index (χ0) is 25.4. The van der Waals surface area contributed by atoms with Gasteiger partial charge in [0.05, 0.1) is 30.4 Å². The molecule has 5 N–H and O–H groups in total. The molecule has 1 fully saturated rings. The highest BCUT2D eigenvalue weighted by Crippen LogP contribution is 2.37. The van der Waals surface area contributed by atoms with Gasteiger partial charge in [0.15, 0.2) is 17.3 Å². The summed E-state index contributed by atoms with van der Waals surface area (Å²) in [7, 11) is 3.15. The summed E-state index contributed by atoms with van der Waals surface area (Å²) >= 11 is 6.60. The summed E-state index contributed by atoms with van der Waals surface area (Å²) in [6, 6.07) is 9.25. The molecule has 1 atom stereocenters. The van der Waals surface area contributed by atoms with E-state index in [0.29, 0.717) is 33.2 Å². The number of methoxy groups -OCH3 is 2. The highest BCUT2D eigenvalue weighted by Gasteiger charge is 2.39. The summed E-state index contributed by atoms with van der Waals surface area (Å²) in [5.41, 5.74) is 18.6. The van der Waals surface area contributed by atoms with Gasteiger partial charge in [-0.15, -0.1) is 0 Å². The minimum atomic E-state index is -1.32. The number of nitrogens with zero attached hydrogens (tertiary/aromatic N) is 6. The highest BCUT2D eigenvalue weighted by atomic mass is 35.5. The van der Waals surface area contributed by atoms with Crippen molar-refractivity contribution in [2.45, 2.75) is 12.7 Å². The molecule has 0 aliphatic carbocycles. The summed E-state index contributed by atoms with van der Waals surface area (Å²) in [6.45, 7) is 6.95. The Labute approximate surface area is 214 Å². The van der Waals surface area contributed by atoms with Crippen LogP contribution in [0, 0.1) is 0 Å². The number of likely N-dealkylation sites (N-methyl/N-ethyl adjacent to an activating group) is 1. The molecule has 5 rings (SSSR count). The molecule has 1 aromatic heterocycles. The van der Waals surface area contributed by atoms with Crippen LogP contribution >= 0.6 is 11.6 Å². The van der Waals surface area contributed by atoms with Crippen LogP contribution in [-0.4, -0.2) is 67.8 Å². The van der Waals surface area contributed by atoms with Gasteiger partial charge >= 0.3 is 0 Å². The van der Waals surface area contributed by atoms with Crippen molar-refractivity contribution in [2.75, 3.05) is 56.9 Å². The maximum atomic E-state index is 6.76. The number of guanidine groups is 1. The van der Waals surface area contributed by atoms with Gasteiger partial charge in [-0.05, 0) is 24.7 Å². The number of piperazine rings is 1. The molecule has 0 radical (unpaired) electrons. The van der Waals surface area contributed by atoms with Gasteiger partial charge in [-0.25, -0.2) is 20.0 Å². The third-order valence-corrected chi connectivity index (χ3v) is 7.00. The molecule has 12 heteroatoms. The molecule has 0 bridgehead atoms. The van der Waals surface area contributed by atoms with Crippen LogP contribution in [0.2, 0.25) is 5.02 Å². The number of hydrogen-bond donors (Lipinski definition) is 3. The zero-order valence-electron chi connectivity index (χ0n) is 20.5. The fourth-order valence-electron chi connectivity index (χ4n) is 4.62. The molecule has 0 amide bonds. The second-order valence-electron chi connectivity index (χ2n) is 8.69. The van der Waals surface area contributed by atoms with E-state index in [1.165, 1.54) is 6.33 Å². The molecule has 190 valence electrons. The van der Waals surface area contributed by atoms with Gasteiger partial charge in [0, 0.05) is 43.2 Å². The van der Waals surface area contributed by atoms with E-state index in [0.717, 1.165) is 44.0 Å². The van der Waals surface area contributed by atoms with Gasteiger partial charge in [-0.3, -0.25) is 5.73 Å². The number of anilines is 2. The molecule has 0 spiro atoms. The molecular weight excluding hydrogens is 482 g/mol. The number of rotatable bonds is 6. The van der Waals surface area contributed by atoms with Crippen molar-refractivity contribution in [2.24, 2.45) is 16.5 Å². The average molecular weight is 512 g/mol. The third-order valence-electron chi connectivity index (χ3n) is 6.68. The minimum absolute atomic E-state index is 0.167. The normalized spacial score (nSPS) is 20.6. The maximum Gasteiger partial charge on any atom is 0.215 e. The number of halogens is 1. The van der Waals surface area contributed by atoms with E-state index in [9.17, 15) is 0 Å². The van der Waals surface area contributed by atoms with E-state index in [2.05, 4.69) is 37.1 Å². The average Bonchev–Trinajstić information content (AvgIpc) is 3.22. The largest absolute Gasteiger partial charge is 0.493 e. The number of benzene rings is 2. The number of hydrazine groups is 1. The molecule has 2 aromatic carbocycles. The van der Waals surface area contributed by atoms with E-state index in [1.807, 2.05) is 18.2 Å². The Morgan fingerprint density at radius 2 is 1.78 bits per heavy atom. The van der Waals surface area contributed by atoms with Crippen LogP contribution in [0.5, 0.6) is 11.5 Å². The van der Waals surface area contributed by atoms with E-state index >= 15 is 0 Å². The molecule has 0 saturated carbocycles. The minimum Gasteiger partial charge on any atom is -0.493 e.